The summed E-state index contributed by atoms with van der Waals surface area (Å²) in [5, 5.41) is 7.98. The summed E-state index contributed by atoms with van der Waals surface area (Å²) >= 11 is 0. The largest absolute Gasteiger partial charge is 0.496 e. The number of amides is 2. The van der Waals surface area contributed by atoms with E-state index in [1.165, 1.54) is 0 Å². The fourth-order valence-corrected chi connectivity index (χ4v) is 4.02. The number of pyridine rings is 1. The van der Waals surface area contributed by atoms with Crippen LogP contribution in [0.2, 0.25) is 0 Å². The molecule has 7 nitrogen and oxygen atoms in total. The van der Waals surface area contributed by atoms with Gasteiger partial charge in [0.1, 0.15) is 17.6 Å². The van der Waals surface area contributed by atoms with E-state index in [0.29, 0.717) is 18.0 Å². The van der Waals surface area contributed by atoms with Crippen molar-refractivity contribution < 1.29 is 14.3 Å². The number of fused-ring (bicyclic) bond motifs is 1. The van der Waals surface area contributed by atoms with Crippen molar-refractivity contribution in [2.24, 2.45) is 0 Å². The summed E-state index contributed by atoms with van der Waals surface area (Å²) in [5.41, 5.74) is 8.20. The predicted octanol–water partition coefficient (Wildman–Crippen LogP) is 3.41. The minimum Gasteiger partial charge on any atom is -0.496 e. The Morgan fingerprint density at radius 1 is 0.943 bits per heavy atom. The van der Waals surface area contributed by atoms with Crippen molar-refractivity contribution in [3.05, 3.63) is 102 Å². The van der Waals surface area contributed by atoms with Crippen molar-refractivity contribution in [3.63, 3.8) is 0 Å². The van der Waals surface area contributed by atoms with E-state index < -0.39 is 6.04 Å². The van der Waals surface area contributed by atoms with Crippen LogP contribution in [0.15, 0.2) is 85.1 Å². The Hall–Kier alpha value is -4.39. The van der Waals surface area contributed by atoms with Gasteiger partial charge in [-0.25, -0.2) is 4.98 Å². The number of aromatic nitrogens is 1. The molecule has 1 aromatic heterocycles. The van der Waals surface area contributed by atoms with Gasteiger partial charge in [-0.15, -0.1) is 0 Å². The number of para-hydroxylation sites is 1. The first-order valence-corrected chi connectivity index (χ1v) is 11.4. The number of methoxy groups -OCH3 is 1. The lowest BCUT2D eigenvalue weighted by Crippen LogP contribution is -2.48. The summed E-state index contributed by atoms with van der Waals surface area (Å²) in [5.74, 6) is 0.512. The van der Waals surface area contributed by atoms with Crippen LogP contribution < -0.4 is 21.1 Å². The Morgan fingerprint density at radius 2 is 1.69 bits per heavy atom. The Bertz CT molecular complexity index is 1320. The number of hydrogen-bond acceptors (Lipinski definition) is 5. The molecule has 0 unspecified atom stereocenters. The van der Waals surface area contributed by atoms with Gasteiger partial charge in [0.2, 0.25) is 11.8 Å². The molecular weight excluding hydrogens is 440 g/mol. The molecule has 0 saturated heterocycles. The molecule has 0 aliphatic carbocycles. The van der Waals surface area contributed by atoms with E-state index >= 15 is 0 Å². The maximum absolute atomic E-state index is 13.2. The summed E-state index contributed by atoms with van der Waals surface area (Å²) in [7, 11) is 1.57. The molecule has 1 heterocycles. The van der Waals surface area contributed by atoms with Crippen LogP contribution in [0.5, 0.6) is 5.75 Å². The summed E-state index contributed by atoms with van der Waals surface area (Å²) in [4.78, 5) is 30.3. The van der Waals surface area contributed by atoms with Crippen molar-refractivity contribution in [1.29, 1.82) is 0 Å². The second-order valence-corrected chi connectivity index (χ2v) is 8.26. The topological polar surface area (TPSA) is 106 Å². The number of anilines is 1. The highest BCUT2D eigenvalue weighted by Gasteiger charge is 2.22. The molecule has 4 rings (SSSR count). The molecule has 0 bridgehead atoms. The van der Waals surface area contributed by atoms with Gasteiger partial charge in [-0.1, -0.05) is 66.7 Å². The number of benzene rings is 3. The Balaban J connectivity index is 1.53. The van der Waals surface area contributed by atoms with E-state index in [9.17, 15) is 9.59 Å². The first-order valence-electron chi connectivity index (χ1n) is 11.4. The molecule has 0 fully saturated rings. The van der Waals surface area contributed by atoms with E-state index in [1.54, 1.807) is 19.4 Å². The van der Waals surface area contributed by atoms with Crippen LogP contribution in [0, 0.1) is 0 Å². The van der Waals surface area contributed by atoms with Gasteiger partial charge < -0.3 is 21.1 Å². The Labute approximate surface area is 204 Å². The van der Waals surface area contributed by atoms with Gasteiger partial charge in [0, 0.05) is 24.7 Å². The van der Waals surface area contributed by atoms with E-state index in [2.05, 4.69) is 15.6 Å². The van der Waals surface area contributed by atoms with Crippen molar-refractivity contribution >= 4 is 28.4 Å². The number of carbonyl (C=O) groups excluding carboxylic acids is 2. The van der Waals surface area contributed by atoms with Gasteiger partial charge in [0.15, 0.2) is 0 Å². The van der Waals surface area contributed by atoms with Gasteiger partial charge in [-0.05, 0) is 34.0 Å². The molecule has 35 heavy (non-hydrogen) atoms. The van der Waals surface area contributed by atoms with E-state index in [1.807, 2.05) is 72.8 Å². The lowest BCUT2D eigenvalue weighted by atomic mass is 9.98. The molecule has 178 valence electrons. The fraction of sp³-hybridized carbons (Fsp3) is 0.179. The molecule has 0 radical (unpaired) electrons. The van der Waals surface area contributed by atoms with Crippen LogP contribution in [0.3, 0.4) is 0 Å². The van der Waals surface area contributed by atoms with Crippen LogP contribution >= 0.6 is 0 Å². The van der Waals surface area contributed by atoms with Gasteiger partial charge in [0.25, 0.3) is 0 Å². The number of ether oxygens (including phenoxy) is 1. The van der Waals surface area contributed by atoms with Crippen molar-refractivity contribution in [2.45, 2.75) is 25.4 Å². The average molecular weight is 469 g/mol. The maximum atomic E-state index is 13.2. The number of carbonyl (C=O) groups is 2. The zero-order valence-electron chi connectivity index (χ0n) is 19.5. The van der Waals surface area contributed by atoms with Gasteiger partial charge in [-0.2, -0.15) is 0 Å². The predicted molar refractivity (Wildman–Crippen MR) is 137 cm³/mol. The normalized spacial score (nSPS) is 11.6. The number of rotatable bonds is 9. The Kier molecular flexibility index (Phi) is 7.57. The fourth-order valence-electron chi connectivity index (χ4n) is 4.02. The van der Waals surface area contributed by atoms with E-state index in [0.717, 1.165) is 27.5 Å². The second kappa shape index (κ2) is 11.2. The molecule has 0 saturated carbocycles. The minimum absolute atomic E-state index is 0.102. The lowest BCUT2D eigenvalue weighted by Gasteiger charge is -2.20. The van der Waals surface area contributed by atoms with Crippen molar-refractivity contribution in [1.82, 2.24) is 15.6 Å². The van der Waals surface area contributed by atoms with Crippen molar-refractivity contribution in [2.75, 3.05) is 12.8 Å². The third-order valence-electron chi connectivity index (χ3n) is 5.81. The molecule has 0 aliphatic heterocycles. The summed E-state index contributed by atoms with van der Waals surface area (Å²) in [6, 6.07) is 24.1. The maximum Gasteiger partial charge on any atom is 0.243 e. The molecule has 4 aromatic rings. The van der Waals surface area contributed by atoms with Crippen LogP contribution in [-0.2, 0) is 29.0 Å². The third-order valence-corrected chi connectivity index (χ3v) is 5.81. The minimum atomic E-state index is -0.759. The van der Waals surface area contributed by atoms with Gasteiger partial charge in [-0.3, -0.25) is 9.59 Å². The highest BCUT2D eigenvalue weighted by atomic mass is 16.5. The van der Waals surface area contributed by atoms with E-state index in [-0.39, 0.29) is 24.8 Å². The lowest BCUT2D eigenvalue weighted by molar-refractivity contribution is -0.128. The molecule has 1 atom stereocenters. The zero-order chi connectivity index (χ0) is 24.6. The first-order chi connectivity index (χ1) is 17.0. The molecule has 7 heteroatoms. The van der Waals surface area contributed by atoms with Crippen LogP contribution in [0.1, 0.15) is 16.7 Å². The Morgan fingerprint density at radius 3 is 2.49 bits per heavy atom. The number of nitrogen functional groups attached to an aromatic ring is 1. The SMILES string of the molecule is COc1ccccc1CC(=O)N[C@@H](Cc1cccc2ccccc12)C(=O)NCc1ccc(N)nc1. The monoisotopic (exact) mass is 468 g/mol. The quantitative estimate of drug-likeness (QED) is 0.349. The smallest absolute Gasteiger partial charge is 0.243 e. The number of nitrogens with two attached hydrogens (primary N) is 1. The summed E-state index contributed by atoms with van der Waals surface area (Å²) < 4.78 is 5.36. The van der Waals surface area contributed by atoms with E-state index in [4.69, 9.17) is 10.5 Å². The molecule has 0 spiro atoms. The first kappa shape index (κ1) is 23.8. The average Bonchev–Trinajstić information content (AvgIpc) is 2.88. The van der Waals surface area contributed by atoms with Crippen LogP contribution in [0.25, 0.3) is 10.8 Å². The molecule has 3 aromatic carbocycles. The summed E-state index contributed by atoms with van der Waals surface area (Å²) in [6.45, 7) is 0.278. The van der Waals surface area contributed by atoms with Gasteiger partial charge in [0.05, 0.1) is 13.5 Å². The molecular formula is C28H28N4O3. The molecule has 2 amide bonds. The highest BCUT2D eigenvalue weighted by molar-refractivity contribution is 5.90. The highest BCUT2D eigenvalue weighted by Crippen LogP contribution is 2.21. The zero-order valence-corrected chi connectivity index (χ0v) is 19.5. The van der Waals surface area contributed by atoms with Crippen LogP contribution in [0.4, 0.5) is 5.82 Å². The second-order valence-electron chi connectivity index (χ2n) is 8.26. The van der Waals surface area contributed by atoms with Crippen LogP contribution in [-0.4, -0.2) is 29.9 Å². The molecule has 4 N–H and O–H groups in total. The third kappa shape index (κ3) is 6.14. The number of nitrogens with one attached hydrogen (secondary N) is 2. The molecule has 0 aliphatic rings. The van der Waals surface area contributed by atoms with Crippen molar-refractivity contribution in [3.8, 4) is 5.75 Å². The van der Waals surface area contributed by atoms with Gasteiger partial charge >= 0.3 is 0 Å². The standard InChI is InChI=1S/C28H28N4O3/c1-35-25-12-5-3-8-22(25)16-27(33)32-24(28(34)31-18-19-13-14-26(29)30-17-19)15-21-10-6-9-20-7-2-4-11-23(20)21/h2-14,17,24H,15-16,18H2,1H3,(H2,29,30)(H,31,34)(H,32,33)/t24-/m0/s1. The summed E-state index contributed by atoms with van der Waals surface area (Å²) in [6.07, 6.45) is 2.08. The number of hydrogen-bond donors (Lipinski definition) is 3. The number of nitrogens with zero attached hydrogens (tertiary/aromatic N) is 1.